The minimum absolute atomic E-state index is 0.0550. The number of ether oxygens (including phenoxy) is 2. The van der Waals surface area contributed by atoms with E-state index in [9.17, 15) is 19.8 Å². The van der Waals surface area contributed by atoms with Crippen LogP contribution in [-0.4, -0.2) is 63.8 Å². The van der Waals surface area contributed by atoms with Crippen molar-refractivity contribution < 1.29 is 38.1 Å². The summed E-state index contributed by atoms with van der Waals surface area (Å²) in [5.41, 5.74) is -6.30. The number of allylic oxidation sites excluding steroid dienone is 4. The molecular weight excluding hydrogens is 422 g/mol. The molecule has 0 unspecified atom stereocenters. The van der Waals surface area contributed by atoms with Gasteiger partial charge in [-0.15, -0.1) is 0 Å². The maximum atomic E-state index is 17.1. The Morgan fingerprint density at radius 3 is 2.56 bits per heavy atom. The van der Waals surface area contributed by atoms with E-state index in [0.717, 1.165) is 6.08 Å². The lowest BCUT2D eigenvalue weighted by atomic mass is 9.44. The summed E-state index contributed by atoms with van der Waals surface area (Å²) >= 11 is 0. The third kappa shape index (κ3) is 2.32. The van der Waals surface area contributed by atoms with Gasteiger partial charge in [-0.3, -0.25) is 9.59 Å². The number of aliphatic hydroxyl groups is 2. The van der Waals surface area contributed by atoms with Crippen LogP contribution in [0.15, 0.2) is 23.8 Å². The highest BCUT2D eigenvalue weighted by molar-refractivity contribution is 6.01. The van der Waals surface area contributed by atoms with E-state index < -0.39 is 76.3 Å². The molecule has 0 radical (unpaired) electrons. The molecule has 5 rings (SSSR count). The second kappa shape index (κ2) is 6.34. The first-order valence-electron chi connectivity index (χ1n) is 11.3. The van der Waals surface area contributed by atoms with Crippen LogP contribution in [0.3, 0.4) is 0 Å². The maximum Gasteiger partial charge on any atom is 0.193 e. The zero-order valence-corrected chi connectivity index (χ0v) is 18.7. The number of hydrogen-bond acceptors (Lipinski definition) is 6. The Hall–Kier alpha value is -1.48. The van der Waals surface area contributed by atoms with Crippen molar-refractivity contribution in [3.8, 4) is 0 Å². The zero-order valence-electron chi connectivity index (χ0n) is 18.7. The molecule has 1 heterocycles. The number of ketones is 2. The molecule has 8 heteroatoms. The Bertz CT molecular complexity index is 960. The monoisotopic (exact) mass is 452 g/mol. The van der Waals surface area contributed by atoms with E-state index in [1.807, 2.05) is 0 Å². The van der Waals surface area contributed by atoms with Gasteiger partial charge in [0.2, 0.25) is 0 Å². The van der Waals surface area contributed by atoms with Gasteiger partial charge >= 0.3 is 0 Å². The molecule has 1 aliphatic heterocycles. The van der Waals surface area contributed by atoms with E-state index in [1.165, 1.54) is 19.1 Å². The molecule has 4 aliphatic carbocycles. The molecule has 9 atom stereocenters. The smallest absolute Gasteiger partial charge is 0.193 e. The topological polar surface area (TPSA) is 93.1 Å². The third-order valence-electron chi connectivity index (χ3n) is 9.18. The molecule has 0 amide bonds. The van der Waals surface area contributed by atoms with Crippen LogP contribution in [0.5, 0.6) is 0 Å². The quantitative estimate of drug-likeness (QED) is 0.668. The predicted molar refractivity (Wildman–Crippen MR) is 109 cm³/mol. The summed E-state index contributed by atoms with van der Waals surface area (Å²) in [6.07, 6.45) is -0.151. The van der Waals surface area contributed by atoms with Crippen LogP contribution in [0.1, 0.15) is 47.0 Å². The van der Waals surface area contributed by atoms with Gasteiger partial charge in [-0.2, -0.15) is 0 Å². The summed E-state index contributed by atoms with van der Waals surface area (Å²) in [4.78, 5) is 25.1. The van der Waals surface area contributed by atoms with Crippen LogP contribution < -0.4 is 0 Å². The van der Waals surface area contributed by atoms with Crippen LogP contribution >= 0.6 is 0 Å². The van der Waals surface area contributed by atoms with Crippen LogP contribution in [-0.2, 0) is 19.1 Å². The fourth-order valence-electron chi connectivity index (χ4n) is 7.92. The number of hydrogen-bond donors (Lipinski definition) is 2. The molecule has 2 N–H and O–H groups in total. The molecule has 0 bridgehead atoms. The molecule has 1 saturated heterocycles. The number of Topliss-reactive ketones (excluding diaryl/α,β-unsaturated/α-hetero) is 1. The molecule has 0 spiro atoms. The number of carbonyl (C=O) groups is 2. The molecule has 6 nitrogen and oxygen atoms in total. The molecular formula is C24H30F2O6. The average Bonchev–Trinajstić information content (AvgIpc) is 3.11. The lowest BCUT2D eigenvalue weighted by Gasteiger charge is -2.63. The number of rotatable bonds is 2. The molecule has 32 heavy (non-hydrogen) atoms. The molecule has 4 fully saturated rings. The fraction of sp³-hybridized carbons (Fsp3) is 0.750. The van der Waals surface area contributed by atoms with Crippen molar-refractivity contribution in [1.29, 1.82) is 0 Å². The van der Waals surface area contributed by atoms with Gasteiger partial charge in [0.15, 0.2) is 28.6 Å². The van der Waals surface area contributed by atoms with Gasteiger partial charge in [-0.25, -0.2) is 8.78 Å². The molecule has 176 valence electrons. The summed E-state index contributed by atoms with van der Waals surface area (Å²) in [5.74, 6) is -3.53. The first kappa shape index (κ1) is 22.3. The number of alkyl halides is 2. The van der Waals surface area contributed by atoms with E-state index in [2.05, 4.69) is 0 Å². The zero-order chi connectivity index (χ0) is 23.5. The largest absolute Gasteiger partial charge is 0.390 e. The summed E-state index contributed by atoms with van der Waals surface area (Å²) in [5, 5.41) is 21.1. The summed E-state index contributed by atoms with van der Waals surface area (Å²) in [6.45, 7) is 5.87. The number of fused-ring (bicyclic) bond motifs is 7. The van der Waals surface area contributed by atoms with Crippen molar-refractivity contribution in [2.45, 2.75) is 82.4 Å². The Labute approximate surface area is 185 Å². The van der Waals surface area contributed by atoms with E-state index >= 15 is 8.78 Å². The first-order chi connectivity index (χ1) is 14.8. The van der Waals surface area contributed by atoms with Crippen LogP contribution in [0, 0.1) is 22.7 Å². The Morgan fingerprint density at radius 1 is 1.22 bits per heavy atom. The van der Waals surface area contributed by atoms with Crippen molar-refractivity contribution in [3.05, 3.63) is 23.8 Å². The SMILES string of the molecule is CC1(C)O[C@@H]2C[C@H]3[C@@H]4C[C@H](F)C5=CC(=O)C=C[C@]5(C)[C@]4(F)[C@@H](O)C[C@]3(C)[C@]2(C(=O)CO)O1. The summed E-state index contributed by atoms with van der Waals surface area (Å²) < 4.78 is 44.8. The summed E-state index contributed by atoms with van der Waals surface area (Å²) in [7, 11) is 0. The van der Waals surface area contributed by atoms with Gasteiger partial charge in [-0.1, -0.05) is 13.0 Å². The van der Waals surface area contributed by atoms with E-state index in [4.69, 9.17) is 9.47 Å². The third-order valence-corrected chi connectivity index (χ3v) is 9.18. The average molecular weight is 452 g/mol. The minimum atomic E-state index is -2.24. The summed E-state index contributed by atoms with van der Waals surface area (Å²) in [6, 6.07) is 0. The van der Waals surface area contributed by atoms with Crippen LogP contribution in [0.2, 0.25) is 0 Å². The van der Waals surface area contributed by atoms with Crippen LogP contribution in [0.4, 0.5) is 8.78 Å². The highest BCUT2D eigenvalue weighted by atomic mass is 19.1. The standard InChI is InChI=1S/C24H30F2O6/c1-20(2)31-19-9-13-14-8-16(25)15-7-12(28)5-6-21(15,3)23(14,26)17(29)10-22(13,4)24(19,32-20)18(30)11-27/h5-7,13-14,16-17,19,27,29H,8-11H2,1-4H3/t13-,14-,16-,17-,19+,21-,22-,23+,24+/m0/s1. The van der Waals surface area contributed by atoms with Crippen LogP contribution in [0.25, 0.3) is 0 Å². The molecule has 5 aliphatic rings. The van der Waals surface area contributed by atoms with Gasteiger partial charge in [0, 0.05) is 16.7 Å². The maximum absolute atomic E-state index is 17.1. The Balaban J connectivity index is 1.66. The second-order valence-electron chi connectivity index (χ2n) is 11.0. The van der Waals surface area contributed by atoms with Gasteiger partial charge in [0.05, 0.1) is 12.2 Å². The number of carbonyl (C=O) groups excluding carboxylic acids is 2. The lowest BCUT2D eigenvalue weighted by molar-refractivity contribution is -0.248. The number of aliphatic hydroxyl groups excluding tert-OH is 2. The minimum Gasteiger partial charge on any atom is -0.390 e. The lowest BCUT2D eigenvalue weighted by Crippen LogP contribution is -2.71. The van der Waals surface area contributed by atoms with Crippen molar-refractivity contribution in [2.24, 2.45) is 22.7 Å². The van der Waals surface area contributed by atoms with Gasteiger partial charge in [-0.05, 0) is 63.7 Å². The van der Waals surface area contributed by atoms with Gasteiger partial charge < -0.3 is 19.7 Å². The Kier molecular flexibility index (Phi) is 4.42. The molecule has 0 aromatic carbocycles. The predicted octanol–water partition coefficient (Wildman–Crippen LogP) is 2.37. The van der Waals surface area contributed by atoms with Crippen molar-refractivity contribution >= 4 is 11.6 Å². The first-order valence-corrected chi connectivity index (χ1v) is 11.3. The normalized spacial score (nSPS) is 53.2. The van der Waals surface area contributed by atoms with Crippen molar-refractivity contribution in [1.82, 2.24) is 0 Å². The van der Waals surface area contributed by atoms with Crippen molar-refractivity contribution in [2.75, 3.05) is 6.61 Å². The van der Waals surface area contributed by atoms with Gasteiger partial charge in [0.1, 0.15) is 12.8 Å². The molecule has 0 aromatic rings. The molecule has 0 aromatic heterocycles. The van der Waals surface area contributed by atoms with Crippen molar-refractivity contribution in [3.63, 3.8) is 0 Å². The fourth-order valence-corrected chi connectivity index (χ4v) is 7.92. The number of halogens is 2. The Morgan fingerprint density at radius 2 is 1.91 bits per heavy atom. The highest BCUT2D eigenvalue weighted by Gasteiger charge is 2.80. The highest BCUT2D eigenvalue weighted by Crippen LogP contribution is 2.72. The van der Waals surface area contributed by atoms with E-state index in [0.29, 0.717) is 0 Å². The van der Waals surface area contributed by atoms with E-state index in [1.54, 1.807) is 20.8 Å². The second-order valence-corrected chi connectivity index (χ2v) is 11.0. The molecule has 3 saturated carbocycles. The van der Waals surface area contributed by atoms with Gasteiger partial charge in [0.25, 0.3) is 0 Å². The van der Waals surface area contributed by atoms with E-state index in [-0.39, 0.29) is 24.8 Å².